The molecule has 1 atom stereocenters. The minimum atomic E-state index is -3.95. The van der Waals surface area contributed by atoms with Gasteiger partial charge >= 0.3 is 0 Å². The summed E-state index contributed by atoms with van der Waals surface area (Å²) >= 11 is 6.18. The lowest BCUT2D eigenvalue weighted by Crippen LogP contribution is -2.16. The van der Waals surface area contributed by atoms with Crippen LogP contribution in [0.25, 0.3) is 11.3 Å². The molecular formula is C20H19ClFN3O2S. The van der Waals surface area contributed by atoms with Crippen LogP contribution in [0.15, 0.2) is 47.8 Å². The van der Waals surface area contributed by atoms with Crippen molar-refractivity contribution in [3.8, 4) is 11.3 Å². The van der Waals surface area contributed by atoms with Crippen molar-refractivity contribution in [3.63, 3.8) is 0 Å². The number of hydrogen-bond acceptors (Lipinski definition) is 4. The number of pyridine rings is 1. The maximum Gasteiger partial charge on any atom is 0.269 e. The van der Waals surface area contributed by atoms with E-state index in [2.05, 4.69) is 10.3 Å². The zero-order valence-corrected chi connectivity index (χ0v) is 17.0. The van der Waals surface area contributed by atoms with Crippen molar-refractivity contribution in [1.82, 2.24) is 14.3 Å². The summed E-state index contributed by atoms with van der Waals surface area (Å²) in [5, 5.41) is 3.56. The number of benzene rings is 1. The average molecular weight is 420 g/mol. The van der Waals surface area contributed by atoms with Crippen LogP contribution < -0.4 is 5.32 Å². The maximum atomic E-state index is 15.1. The van der Waals surface area contributed by atoms with Crippen molar-refractivity contribution in [3.05, 3.63) is 70.4 Å². The molecule has 2 aromatic heterocycles. The molecule has 8 heteroatoms. The standard InChI is InChI=1S/C20H19ClFN3O2S/c1-12-8-13(21)9-16(19(12)22)20-15-5-6-18(23-2)17(15)11-25(20)28(26,27)14-4-3-7-24-10-14/h3-4,7-11,18,23H,5-6H2,1-2H3. The first-order valence-corrected chi connectivity index (χ1v) is 10.7. The van der Waals surface area contributed by atoms with Crippen LogP contribution in [-0.2, 0) is 16.4 Å². The van der Waals surface area contributed by atoms with Gasteiger partial charge in [-0.3, -0.25) is 4.98 Å². The van der Waals surface area contributed by atoms with Gasteiger partial charge in [-0.1, -0.05) is 11.6 Å². The Kier molecular flexibility index (Phi) is 4.77. The van der Waals surface area contributed by atoms with Crippen LogP contribution in [0, 0.1) is 12.7 Å². The second-order valence-electron chi connectivity index (χ2n) is 6.87. The second kappa shape index (κ2) is 6.99. The predicted octanol–water partition coefficient (Wildman–Crippen LogP) is 4.09. The lowest BCUT2D eigenvalue weighted by atomic mass is 10.0. The van der Waals surface area contributed by atoms with Crippen molar-refractivity contribution in [2.75, 3.05) is 7.05 Å². The maximum absolute atomic E-state index is 15.1. The fourth-order valence-corrected chi connectivity index (χ4v) is 5.47. The van der Waals surface area contributed by atoms with E-state index < -0.39 is 15.8 Å². The second-order valence-corrected chi connectivity index (χ2v) is 9.12. The van der Waals surface area contributed by atoms with Crippen molar-refractivity contribution >= 4 is 21.6 Å². The highest BCUT2D eigenvalue weighted by Gasteiger charge is 2.33. The van der Waals surface area contributed by atoms with E-state index >= 15 is 4.39 Å². The van der Waals surface area contributed by atoms with Crippen LogP contribution in [0.4, 0.5) is 4.39 Å². The molecule has 28 heavy (non-hydrogen) atoms. The highest BCUT2D eigenvalue weighted by Crippen LogP contribution is 2.42. The first-order chi connectivity index (χ1) is 13.3. The monoisotopic (exact) mass is 419 g/mol. The smallest absolute Gasteiger partial charge is 0.269 e. The van der Waals surface area contributed by atoms with Crippen LogP contribution >= 0.6 is 11.6 Å². The summed E-state index contributed by atoms with van der Waals surface area (Å²) in [6.45, 7) is 1.62. The molecule has 2 heterocycles. The SMILES string of the molecule is CNC1CCc2c1cn(S(=O)(=O)c1cccnc1)c2-c1cc(Cl)cc(C)c1F. The van der Waals surface area contributed by atoms with Crippen molar-refractivity contribution in [2.24, 2.45) is 0 Å². The molecule has 1 aliphatic carbocycles. The molecule has 1 unspecified atom stereocenters. The largest absolute Gasteiger partial charge is 0.313 e. The Morgan fingerprint density at radius 1 is 1.36 bits per heavy atom. The molecule has 0 fully saturated rings. The number of aromatic nitrogens is 2. The molecule has 0 spiro atoms. The van der Waals surface area contributed by atoms with Crippen LogP contribution in [0.1, 0.15) is 29.2 Å². The van der Waals surface area contributed by atoms with Gasteiger partial charge in [0.25, 0.3) is 10.0 Å². The third-order valence-corrected chi connectivity index (χ3v) is 7.04. The van der Waals surface area contributed by atoms with E-state index in [1.165, 1.54) is 34.6 Å². The molecule has 5 nitrogen and oxygen atoms in total. The lowest BCUT2D eigenvalue weighted by Gasteiger charge is -2.14. The molecule has 1 aliphatic rings. The molecule has 146 valence electrons. The minimum absolute atomic E-state index is 0.0161. The molecule has 1 N–H and O–H groups in total. The number of aryl methyl sites for hydroxylation is 1. The zero-order chi connectivity index (χ0) is 20.1. The molecule has 0 saturated heterocycles. The van der Waals surface area contributed by atoms with Gasteiger partial charge in [0.05, 0.1) is 5.69 Å². The summed E-state index contributed by atoms with van der Waals surface area (Å²) in [6.07, 6.45) is 5.86. The Morgan fingerprint density at radius 2 is 2.14 bits per heavy atom. The molecule has 0 radical (unpaired) electrons. The molecule has 0 aliphatic heterocycles. The fourth-order valence-electron chi connectivity index (χ4n) is 3.83. The van der Waals surface area contributed by atoms with Crippen molar-refractivity contribution in [1.29, 1.82) is 0 Å². The van der Waals surface area contributed by atoms with E-state index in [0.717, 1.165) is 17.5 Å². The summed E-state index contributed by atoms with van der Waals surface area (Å²) in [4.78, 5) is 3.97. The molecule has 0 bridgehead atoms. The number of fused-ring (bicyclic) bond motifs is 1. The fraction of sp³-hybridized carbons (Fsp3) is 0.250. The minimum Gasteiger partial charge on any atom is -0.313 e. The molecule has 0 amide bonds. The topological polar surface area (TPSA) is 64.0 Å². The third kappa shape index (κ3) is 2.94. The van der Waals surface area contributed by atoms with Gasteiger partial charge in [0.1, 0.15) is 10.7 Å². The van der Waals surface area contributed by atoms with Crippen molar-refractivity contribution in [2.45, 2.75) is 30.7 Å². The van der Waals surface area contributed by atoms with E-state index in [4.69, 9.17) is 11.6 Å². The third-order valence-electron chi connectivity index (χ3n) is 5.18. The molecule has 0 saturated carbocycles. The highest BCUT2D eigenvalue weighted by atomic mass is 35.5. The summed E-state index contributed by atoms with van der Waals surface area (Å²) in [5.41, 5.74) is 2.58. The molecular weight excluding hydrogens is 401 g/mol. The van der Waals surface area contributed by atoms with Gasteiger partial charge in [-0.15, -0.1) is 0 Å². The highest BCUT2D eigenvalue weighted by molar-refractivity contribution is 7.90. The first kappa shape index (κ1) is 19.1. The number of halogens is 2. The Bertz CT molecular complexity index is 1160. The predicted molar refractivity (Wildman–Crippen MR) is 107 cm³/mol. The van der Waals surface area contributed by atoms with Gasteiger partial charge in [0, 0.05) is 35.2 Å². The Morgan fingerprint density at radius 3 is 2.82 bits per heavy atom. The van der Waals surface area contributed by atoms with Gasteiger partial charge in [-0.05, 0) is 67.8 Å². The van der Waals surface area contributed by atoms with Crippen LogP contribution in [0.2, 0.25) is 5.02 Å². The number of nitrogens with one attached hydrogen (secondary N) is 1. The van der Waals surface area contributed by atoms with Crippen LogP contribution in [-0.4, -0.2) is 24.4 Å². The van der Waals surface area contributed by atoms with Crippen molar-refractivity contribution < 1.29 is 12.8 Å². The van der Waals surface area contributed by atoms with Gasteiger partial charge in [-0.2, -0.15) is 0 Å². The van der Waals surface area contributed by atoms with E-state index in [1.807, 2.05) is 7.05 Å². The summed E-state index contributed by atoms with van der Waals surface area (Å²) in [6, 6.07) is 6.07. The van der Waals surface area contributed by atoms with E-state index in [-0.39, 0.29) is 16.5 Å². The quantitative estimate of drug-likeness (QED) is 0.691. The number of rotatable bonds is 4. The van der Waals surface area contributed by atoms with Gasteiger partial charge < -0.3 is 5.32 Å². The first-order valence-electron chi connectivity index (χ1n) is 8.87. The summed E-state index contributed by atoms with van der Waals surface area (Å²) < 4.78 is 43.0. The van der Waals surface area contributed by atoms with Gasteiger partial charge in [0.15, 0.2) is 0 Å². The zero-order valence-electron chi connectivity index (χ0n) is 15.4. The molecule has 1 aromatic carbocycles. The summed E-state index contributed by atoms with van der Waals surface area (Å²) in [5.74, 6) is -0.471. The van der Waals surface area contributed by atoms with E-state index in [0.29, 0.717) is 22.7 Å². The lowest BCUT2D eigenvalue weighted by molar-refractivity contribution is 0.578. The van der Waals surface area contributed by atoms with Crippen LogP contribution in [0.3, 0.4) is 0 Å². The Balaban J connectivity index is 2.04. The average Bonchev–Trinajstić information content (AvgIpc) is 3.24. The molecule has 4 rings (SSSR count). The van der Waals surface area contributed by atoms with Gasteiger partial charge in [-0.25, -0.2) is 16.8 Å². The number of hydrogen-bond donors (Lipinski definition) is 1. The van der Waals surface area contributed by atoms with E-state index in [1.54, 1.807) is 19.2 Å². The Hall–Kier alpha value is -2.22. The normalized spacial score (nSPS) is 16.4. The van der Waals surface area contributed by atoms with Crippen LogP contribution in [0.5, 0.6) is 0 Å². The Labute approximate surface area is 168 Å². The van der Waals surface area contributed by atoms with Gasteiger partial charge in [0.2, 0.25) is 0 Å². The van der Waals surface area contributed by atoms with E-state index in [9.17, 15) is 8.42 Å². The molecule has 3 aromatic rings. The number of nitrogens with zero attached hydrogens (tertiary/aromatic N) is 2. The summed E-state index contributed by atoms with van der Waals surface area (Å²) in [7, 11) is -2.12.